The molecule has 0 heterocycles. The lowest BCUT2D eigenvalue weighted by molar-refractivity contribution is -0.424. The minimum absolute atomic E-state index is 0.293. The average molecular weight is 247 g/mol. The van der Waals surface area contributed by atoms with E-state index in [2.05, 4.69) is 7.05 Å². The maximum atomic E-state index is 11.9. The van der Waals surface area contributed by atoms with Gasteiger partial charge in [-0.2, -0.15) is 8.42 Å². The number of benzene rings is 2. The summed E-state index contributed by atoms with van der Waals surface area (Å²) in [5.41, 5.74) is 1.58. The minimum Gasteiger partial charge on any atom is -0.367 e. The van der Waals surface area contributed by atoms with Crippen LogP contribution < -0.4 is 4.72 Å². The Bertz CT molecular complexity index is 606. The first-order valence-corrected chi connectivity index (χ1v) is 6.72. The van der Waals surface area contributed by atoms with Gasteiger partial charge in [0.15, 0.2) is 0 Å². The molecule has 0 unspecified atom stereocenters. The number of hydrogen-bond acceptors (Lipinski definition) is 2. The molecule has 17 heavy (non-hydrogen) atoms. The first kappa shape index (κ1) is 11.8. The predicted octanol–water partition coefficient (Wildman–Crippen LogP) is 1.40. The van der Waals surface area contributed by atoms with Gasteiger partial charge in [0, 0.05) is 5.56 Å². The van der Waals surface area contributed by atoms with Gasteiger partial charge in [0.1, 0.15) is 4.90 Å². The zero-order valence-corrected chi connectivity index (χ0v) is 10.0. The zero-order chi connectivity index (χ0) is 12.3. The van der Waals surface area contributed by atoms with E-state index in [9.17, 15) is 8.42 Å². The van der Waals surface area contributed by atoms with Gasteiger partial charge in [0.2, 0.25) is 0 Å². The van der Waals surface area contributed by atoms with Gasteiger partial charge in [-0.3, -0.25) is 0 Å². The van der Waals surface area contributed by atoms with E-state index in [4.69, 9.17) is 0 Å². The fourth-order valence-corrected chi connectivity index (χ4v) is 2.60. The maximum Gasteiger partial charge on any atom is 0.300 e. The van der Waals surface area contributed by atoms with Crippen LogP contribution in [-0.2, 0) is 10.0 Å². The predicted molar refractivity (Wildman–Crippen MR) is 66.3 cm³/mol. The minimum atomic E-state index is -3.41. The van der Waals surface area contributed by atoms with Crippen molar-refractivity contribution in [1.82, 2.24) is 0 Å². The SMILES string of the molecule is [CH2-][NH2+]S(=O)(=O)c1ccccc1-c1ccccc1. The molecule has 0 saturated heterocycles. The van der Waals surface area contributed by atoms with Crippen LogP contribution in [0.1, 0.15) is 0 Å². The van der Waals surface area contributed by atoms with Crippen molar-refractivity contribution >= 4 is 10.0 Å². The Morgan fingerprint density at radius 1 is 0.882 bits per heavy atom. The van der Waals surface area contributed by atoms with E-state index in [1.165, 1.54) is 0 Å². The van der Waals surface area contributed by atoms with Gasteiger partial charge < -0.3 is 4.72 Å². The maximum absolute atomic E-state index is 11.9. The van der Waals surface area contributed by atoms with Crippen molar-refractivity contribution in [3.05, 3.63) is 61.6 Å². The van der Waals surface area contributed by atoms with Crippen molar-refractivity contribution < 1.29 is 13.1 Å². The number of quaternary nitrogens is 1. The molecule has 0 atom stereocenters. The number of sulfonamides is 1. The van der Waals surface area contributed by atoms with Gasteiger partial charge >= 0.3 is 0 Å². The van der Waals surface area contributed by atoms with Gasteiger partial charge in [0.25, 0.3) is 10.0 Å². The summed E-state index contributed by atoms with van der Waals surface area (Å²) in [5.74, 6) is 0. The van der Waals surface area contributed by atoms with Crippen molar-refractivity contribution in [2.45, 2.75) is 4.90 Å². The monoisotopic (exact) mass is 247 g/mol. The van der Waals surface area contributed by atoms with Crippen LogP contribution in [0.5, 0.6) is 0 Å². The zero-order valence-electron chi connectivity index (χ0n) is 9.21. The molecule has 88 valence electrons. The molecule has 0 aromatic heterocycles. The molecule has 2 N–H and O–H groups in total. The molecular formula is C13H13NO2S. The van der Waals surface area contributed by atoms with Gasteiger partial charge in [-0.25, -0.2) is 0 Å². The van der Waals surface area contributed by atoms with Crippen molar-refractivity contribution in [1.29, 1.82) is 0 Å². The van der Waals surface area contributed by atoms with Crippen molar-refractivity contribution in [2.75, 3.05) is 0 Å². The molecule has 3 nitrogen and oxygen atoms in total. The molecule has 0 aliphatic carbocycles. The van der Waals surface area contributed by atoms with Gasteiger partial charge in [-0.05, 0) is 11.6 Å². The second-order valence-corrected chi connectivity index (χ2v) is 5.44. The van der Waals surface area contributed by atoms with Crippen LogP contribution in [0.4, 0.5) is 0 Å². The van der Waals surface area contributed by atoms with Crippen LogP contribution in [0.2, 0.25) is 0 Å². The molecule has 0 bridgehead atoms. The van der Waals surface area contributed by atoms with E-state index in [0.717, 1.165) is 10.3 Å². The van der Waals surface area contributed by atoms with E-state index in [-0.39, 0.29) is 0 Å². The molecule has 0 saturated carbocycles. The normalized spacial score (nSPS) is 11.4. The Morgan fingerprint density at radius 3 is 2.12 bits per heavy atom. The molecular weight excluding hydrogens is 234 g/mol. The smallest absolute Gasteiger partial charge is 0.300 e. The summed E-state index contributed by atoms with van der Waals surface area (Å²) < 4.78 is 24.7. The number of primary sulfonamides is 1. The summed E-state index contributed by atoms with van der Waals surface area (Å²) in [6.07, 6.45) is 0. The van der Waals surface area contributed by atoms with Crippen LogP contribution in [0.25, 0.3) is 11.1 Å². The van der Waals surface area contributed by atoms with Crippen LogP contribution in [0.15, 0.2) is 59.5 Å². The average Bonchev–Trinajstić information content (AvgIpc) is 2.40. The van der Waals surface area contributed by atoms with Crippen molar-refractivity contribution in [3.8, 4) is 11.1 Å². The van der Waals surface area contributed by atoms with E-state index >= 15 is 0 Å². The summed E-state index contributed by atoms with van der Waals surface area (Å²) in [7, 11) is -0.0575. The molecule has 0 spiro atoms. The summed E-state index contributed by atoms with van der Waals surface area (Å²) in [6, 6.07) is 16.4. The van der Waals surface area contributed by atoms with Crippen LogP contribution in [-0.4, -0.2) is 8.42 Å². The third-order valence-electron chi connectivity index (χ3n) is 2.50. The first-order chi connectivity index (χ1) is 8.15. The molecule has 0 amide bonds. The summed E-state index contributed by atoms with van der Waals surface area (Å²) >= 11 is 0. The Labute approximate surface area is 101 Å². The quantitative estimate of drug-likeness (QED) is 0.833. The number of nitrogens with two attached hydrogens (primary N) is 1. The lowest BCUT2D eigenvalue weighted by Crippen LogP contribution is -2.80. The number of hydrogen-bond donors (Lipinski definition) is 1. The highest BCUT2D eigenvalue weighted by atomic mass is 32.2. The summed E-state index contributed by atoms with van der Waals surface area (Å²) in [4.78, 5) is 0.293. The first-order valence-electron chi connectivity index (χ1n) is 5.17. The molecule has 0 aliphatic rings. The third kappa shape index (κ3) is 2.38. The highest BCUT2D eigenvalue weighted by molar-refractivity contribution is 7.85. The molecule has 2 rings (SSSR count). The topological polar surface area (TPSA) is 50.8 Å². The van der Waals surface area contributed by atoms with Crippen molar-refractivity contribution in [2.24, 2.45) is 0 Å². The fourth-order valence-electron chi connectivity index (χ4n) is 1.66. The molecule has 4 heteroatoms. The highest BCUT2D eigenvalue weighted by Crippen LogP contribution is 2.25. The Balaban J connectivity index is 2.65. The fraction of sp³-hybridized carbons (Fsp3) is 0. The van der Waals surface area contributed by atoms with Crippen LogP contribution in [0.3, 0.4) is 0 Å². The molecule has 0 fully saturated rings. The number of rotatable bonds is 3. The Hall–Kier alpha value is -1.65. The van der Waals surface area contributed by atoms with Gasteiger partial charge in [-0.15, -0.1) is 7.05 Å². The summed E-state index contributed by atoms with van der Waals surface area (Å²) in [5, 5.41) is 0. The Kier molecular flexibility index (Phi) is 3.26. The van der Waals surface area contributed by atoms with Gasteiger partial charge in [-0.1, -0.05) is 48.5 Å². The third-order valence-corrected chi connectivity index (χ3v) is 3.91. The van der Waals surface area contributed by atoms with Crippen LogP contribution >= 0.6 is 0 Å². The van der Waals surface area contributed by atoms with Crippen LogP contribution in [0, 0.1) is 7.05 Å². The molecule has 2 aromatic carbocycles. The molecule has 2 aromatic rings. The summed E-state index contributed by atoms with van der Waals surface area (Å²) in [6.45, 7) is 0. The molecule has 0 aliphatic heterocycles. The van der Waals surface area contributed by atoms with E-state index < -0.39 is 10.0 Å². The highest BCUT2D eigenvalue weighted by Gasteiger charge is 2.17. The second kappa shape index (κ2) is 4.69. The largest absolute Gasteiger partial charge is 0.367 e. The van der Waals surface area contributed by atoms with E-state index in [1.807, 2.05) is 36.4 Å². The molecule has 0 radical (unpaired) electrons. The standard InChI is InChI=1S/C13H13NO2S/c1-14-17(15,16)13-10-6-5-9-12(13)11-7-3-2-4-8-11/h2-10H,1,14H2. The van der Waals surface area contributed by atoms with Crippen molar-refractivity contribution in [3.63, 3.8) is 0 Å². The Morgan fingerprint density at radius 2 is 1.47 bits per heavy atom. The second-order valence-electron chi connectivity index (χ2n) is 3.57. The van der Waals surface area contributed by atoms with E-state index in [1.54, 1.807) is 18.2 Å². The lowest BCUT2D eigenvalue weighted by atomic mass is 10.1. The van der Waals surface area contributed by atoms with E-state index in [0.29, 0.717) is 10.5 Å². The lowest BCUT2D eigenvalue weighted by Gasteiger charge is -2.09. The van der Waals surface area contributed by atoms with Gasteiger partial charge in [0.05, 0.1) is 0 Å².